The van der Waals surface area contributed by atoms with Gasteiger partial charge in [0.1, 0.15) is 6.04 Å². The van der Waals surface area contributed by atoms with Crippen LogP contribution in [0.2, 0.25) is 0 Å². The molecule has 0 aromatic heterocycles. The third-order valence-corrected chi connectivity index (χ3v) is 5.08. The topological polar surface area (TPSA) is 101 Å². The molecule has 1 unspecified atom stereocenters. The second-order valence-corrected chi connectivity index (χ2v) is 7.86. The highest BCUT2D eigenvalue weighted by molar-refractivity contribution is 6.02. The Labute approximate surface area is 171 Å². The molecular weight excluding hydrogens is 366 g/mol. The van der Waals surface area contributed by atoms with Crippen LogP contribution in [-0.4, -0.2) is 41.1 Å². The first-order valence-corrected chi connectivity index (χ1v) is 9.89. The lowest BCUT2D eigenvalue weighted by Gasteiger charge is -2.32. The number of rotatable bonds is 9. The first kappa shape index (κ1) is 20.9. The SMILES string of the molecule is CC(C)CN(C[C@@H](O)[C@H](Cc1ccccc1)N=[N+]=[N-])C1C(=O)Nc2ccccc21. The molecule has 2 N–H and O–H groups in total. The number of benzene rings is 2. The van der Waals surface area contributed by atoms with Crippen molar-refractivity contribution in [2.75, 3.05) is 18.4 Å². The van der Waals surface area contributed by atoms with Gasteiger partial charge in [-0.15, -0.1) is 0 Å². The van der Waals surface area contributed by atoms with Crippen LogP contribution in [0.15, 0.2) is 59.7 Å². The maximum atomic E-state index is 12.7. The molecule has 1 aliphatic heterocycles. The molecule has 0 spiro atoms. The number of azide groups is 1. The van der Waals surface area contributed by atoms with Crippen molar-refractivity contribution in [1.82, 2.24) is 4.90 Å². The minimum absolute atomic E-state index is 0.0950. The van der Waals surface area contributed by atoms with Crippen molar-refractivity contribution in [3.63, 3.8) is 0 Å². The number of aliphatic hydroxyl groups excluding tert-OH is 1. The van der Waals surface area contributed by atoms with Crippen LogP contribution in [0.3, 0.4) is 0 Å². The standard InChI is InChI=1S/C22H27N5O2/c1-15(2)13-27(21-17-10-6-7-11-18(17)24-22(21)29)14-20(28)19(25-26-23)12-16-8-4-3-5-9-16/h3-11,15,19-21,28H,12-14H2,1-2H3,(H,24,29)/t19-,20+,21?/m0/s1. The van der Waals surface area contributed by atoms with Gasteiger partial charge in [0.25, 0.3) is 0 Å². The maximum Gasteiger partial charge on any atom is 0.246 e. The molecule has 0 saturated carbocycles. The van der Waals surface area contributed by atoms with E-state index in [1.54, 1.807) is 0 Å². The minimum Gasteiger partial charge on any atom is -0.391 e. The van der Waals surface area contributed by atoms with Gasteiger partial charge < -0.3 is 10.4 Å². The molecule has 1 aliphatic rings. The van der Waals surface area contributed by atoms with E-state index < -0.39 is 18.2 Å². The van der Waals surface area contributed by atoms with Crippen LogP contribution in [-0.2, 0) is 11.2 Å². The fourth-order valence-corrected chi connectivity index (χ4v) is 3.85. The maximum absolute atomic E-state index is 12.7. The number of nitrogens with one attached hydrogen (secondary N) is 1. The molecule has 152 valence electrons. The summed E-state index contributed by atoms with van der Waals surface area (Å²) in [5, 5.41) is 17.7. The van der Waals surface area contributed by atoms with E-state index in [9.17, 15) is 9.90 Å². The highest BCUT2D eigenvalue weighted by atomic mass is 16.3. The Hall–Kier alpha value is -2.86. The number of fused-ring (bicyclic) bond motifs is 1. The molecule has 1 amide bonds. The lowest BCUT2D eigenvalue weighted by Crippen LogP contribution is -2.44. The fraction of sp³-hybridized carbons (Fsp3) is 0.409. The number of para-hydroxylation sites is 1. The molecule has 2 aromatic carbocycles. The molecule has 3 atom stereocenters. The predicted molar refractivity (Wildman–Crippen MR) is 113 cm³/mol. The van der Waals surface area contributed by atoms with Crippen LogP contribution in [0.1, 0.15) is 31.0 Å². The number of amides is 1. The molecule has 7 nitrogen and oxygen atoms in total. The molecule has 3 rings (SSSR count). The summed E-state index contributed by atoms with van der Waals surface area (Å²) in [7, 11) is 0. The predicted octanol–water partition coefficient (Wildman–Crippen LogP) is 3.92. The van der Waals surface area contributed by atoms with Crippen molar-refractivity contribution in [2.24, 2.45) is 11.0 Å². The molecular formula is C22H27N5O2. The van der Waals surface area contributed by atoms with Gasteiger partial charge in [-0.1, -0.05) is 67.5 Å². The molecule has 0 saturated heterocycles. The fourth-order valence-electron chi connectivity index (χ4n) is 3.85. The monoisotopic (exact) mass is 393 g/mol. The number of anilines is 1. The van der Waals surface area contributed by atoms with Gasteiger partial charge in [-0.25, -0.2) is 0 Å². The number of hydrogen-bond acceptors (Lipinski definition) is 4. The summed E-state index contributed by atoms with van der Waals surface area (Å²) < 4.78 is 0. The Bertz CT molecular complexity index is 880. The van der Waals surface area contributed by atoms with Gasteiger partial charge in [-0.05, 0) is 29.5 Å². The summed E-state index contributed by atoms with van der Waals surface area (Å²) in [5.74, 6) is 0.206. The normalized spacial score (nSPS) is 17.6. The molecule has 7 heteroatoms. The van der Waals surface area contributed by atoms with Gasteiger partial charge in [-0.3, -0.25) is 9.69 Å². The first-order valence-electron chi connectivity index (χ1n) is 9.89. The second kappa shape index (κ2) is 9.56. The highest BCUT2D eigenvalue weighted by Gasteiger charge is 2.37. The molecule has 0 fully saturated rings. The zero-order valence-corrected chi connectivity index (χ0v) is 16.8. The third kappa shape index (κ3) is 5.15. The van der Waals surface area contributed by atoms with Gasteiger partial charge in [0, 0.05) is 29.3 Å². The average Bonchev–Trinajstić information content (AvgIpc) is 3.03. The van der Waals surface area contributed by atoms with Gasteiger partial charge in [0.05, 0.1) is 12.1 Å². The Morgan fingerprint density at radius 1 is 1.14 bits per heavy atom. The van der Waals surface area contributed by atoms with Crippen LogP contribution < -0.4 is 5.32 Å². The van der Waals surface area contributed by atoms with Crippen molar-refractivity contribution in [3.8, 4) is 0 Å². The van der Waals surface area contributed by atoms with E-state index in [0.717, 1.165) is 16.8 Å². The number of aliphatic hydroxyl groups is 1. The van der Waals surface area contributed by atoms with Gasteiger partial charge >= 0.3 is 0 Å². The third-order valence-electron chi connectivity index (χ3n) is 5.08. The van der Waals surface area contributed by atoms with Crippen molar-refractivity contribution in [1.29, 1.82) is 0 Å². The van der Waals surface area contributed by atoms with Crippen LogP contribution in [0.5, 0.6) is 0 Å². The smallest absolute Gasteiger partial charge is 0.246 e. The zero-order valence-electron chi connectivity index (χ0n) is 16.8. The van der Waals surface area contributed by atoms with Crippen molar-refractivity contribution < 1.29 is 9.90 Å². The summed E-state index contributed by atoms with van der Waals surface area (Å²) in [4.78, 5) is 17.6. The quantitative estimate of drug-likeness (QED) is 0.383. The summed E-state index contributed by atoms with van der Waals surface area (Å²) in [5.41, 5.74) is 11.7. The van der Waals surface area contributed by atoms with Crippen LogP contribution in [0.25, 0.3) is 10.4 Å². The Kier molecular flexibility index (Phi) is 6.88. The zero-order chi connectivity index (χ0) is 20.8. The van der Waals surface area contributed by atoms with E-state index >= 15 is 0 Å². The van der Waals surface area contributed by atoms with Crippen LogP contribution >= 0.6 is 0 Å². The van der Waals surface area contributed by atoms with Crippen molar-refractivity contribution in [3.05, 3.63) is 76.2 Å². The lowest BCUT2D eigenvalue weighted by molar-refractivity contribution is -0.121. The van der Waals surface area contributed by atoms with Gasteiger partial charge in [-0.2, -0.15) is 0 Å². The van der Waals surface area contributed by atoms with E-state index in [0.29, 0.717) is 18.9 Å². The molecule has 1 heterocycles. The van der Waals surface area contributed by atoms with Crippen LogP contribution in [0, 0.1) is 5.92 Å². The summed E-state index contributed by atoms with van der Waals surface area (Å²) in [6, 6.07) is 16.2. The van der Waals surface area contributed by atoms with E-state index in [2.05, 4.69) is 29.2 Å². The number of hydrogen-bond donors (Lipinski definition) is 2. The van der Waals surface area contributed by atoms with Crippen molar-refractivity contribution >= 4 is 11.6 Å². The average molecular weight is 393 g/mol. The highest BCUT2D eigenvalue weighted by Crippen LogP contribution is 2.35. The molecule has 2 aromatic rings. The van der Waals surface area contributed by atoms with Gasteiger partial charge in [0.2, 0.25) is 5.91 Å². The largest absolute Gasteiger partial charge is 0.391 e. The second-order valence-electron chi connectivity index (χ2n) is 7.86. The van der Waals surface area contributed by atoms with E-state index in [-0.39, 0.29) is 12.5 Å². The van der Waals surface area contributed by atoms with Crippen molar-refractivity contribution in [2.45, 2.75) is 38.5 Å². The molecule has 0 bridgehead atoms. The summed E-state index contributed by atoms with van der Waals surface area (Å²) >= 11 is 0. The van der Waals surface area contributed by atoms with E-state index in [1.807, 2.05) is 59.5 Å². The van der Waals surface area contributed by atoms with Gasteiger partial charge in [0.15, 0.2) is 0 Å². The minimum atomic E-state index is -0.898. The van der Waals surface area contributed by atoms with Crippen LogP contribution in [0.4, 0.5) is 5.69 Å². The number of carbonyl (C=O) groups excluding carboxylic acids is 1. The summed E-state index contributed by atoms with van der Waals surface area (Å²) in [6.07, 6.45) is -0.458. The van der Waals surface area contributed by atoms with E-state index in [4.69, 9.17) is 5.53 Å². The lowest BCUT2D eigenvalue weighted by atomic mass is 9.99. The number of carbonyl (C=O) groups is 1. The molecule has 29 heavy (non-hydrogen) atoms. The summed E-state index contributed by atoms with van der Waals surface area (Å²) in [6.45, 7) is 5.03. The molecule has 0 aliphatic carbocycles. The Balaban J connectivity index is 1.82. The molecule has 0 radical (unpaired) electrons. The van der Waals surface area contributed by atoms with E-state index in [1.165, 1.54) is 0 Å². The number of nitrogens with zero attached hydrogens (tertiary/aromatic N) is 4. The first-order chi connectivity index (χ1) is 14.0. The Morgan fingerprint density at radius 3 is 2.52 bits per heavy atom. The Morgan fingerprint density at radius 2 is 1.83 bits per heavy atom.